The Morgan fingerprint density at radius 3 is 2.10 bits per heavy atom. The summed E-state index contributed by atoms with van der Waals surface area (Å²) in [7, 11) is 0. The Morgan fingerprint density at radius 2 is 1.48 bits per heavy atom. The van der Waals surface area contributed by atoms with Crippen LogP contribution in [0.4, 0.5) is 0 Å². The Labute approximate surface area is 165 Å². The quantitative estimate of drug-likeness (QED) is 0.515. The first kappa shape index (κ1) is 19.9. The largest absolute Gasteiger partial charge is 0.481 e. The lowest BCUT2D eigenvalue weighted by atomic mass is 9.82. The monoisotopic (exact) mass is 396 g/mol. The summed E-state index contributed by atoms with van der Waals surface area (Å²) in [6, 6.07) is 7.10. The fraction of sp³-hybridized carbons (Fsp3) is 0.190. The summed E-state index contributed by atoms with van der Waals surface area (Å²) in [6.45, 7) is 2.31. The number of benzene rings is 2. The van der Waals surface area contributed by atoms with E-state index in [-0.39, 0.29) is 46.6 Å². The average Bonchev–Trinajstić information content (AvgIpc) is 2.63. The Hall–Kier alpha value is -3.81. The summed E-state index contributed by atoms with van der Waals surface area (Å²) in [6.07, 6.45) is -0.119. The van der Waals surface area contributed by atoms with Gasteiger partial charge in [-0.15, -0.1) is 0 Å². The highest BCUT2D eigenvalue weighted by Crippen LogP contribution is 2.38. The molecule has 0 atom stereocenters. The van der Waals surface area contributed by atoms with Gasteiger partial charge in [0.05, 0.1) is 11.1 Å². The number of rotatable bonds is 5. The Balaban J connectivity index is 2.20. The van der Waals surface area contributed by atoms with Crippen molar-refractivity contribution in [3.63, 3.8) is 0 Å². The van der Waals surface area contributed by atoms with Crippen LogP contribution in [0.25, 0.3) is 0 Å². The van der Waals surface area contributed by atoms with Crippen molar-refractivity contribution < 1.29 is 38.6 Å². The molecule has 0 aliphatic heterocycles. The van der Waals surface area contributed by atoms with Crippen LogP contribution in [0.5, 0.6) is 11.5 Å². The highest BCUT2D eigenvalue weighted by Gasteiger charge is 2.36. The zero-order valence-electron chi connectivity index (χ0n) is 15.6. The first-order valence-electron chi connectivity index (χ1n) is 8.67. The van der Waals surface area contributed by atoms with Crippen molar-refractivity contribution in [2.45, 2.75) is 26.7 Å². The number of carboxylic acid groups (broad SMARTS) is 1. The highest BCUT2D eigenvalue weighted by molar-refractivity contribution is 6.30. The van der Waals surface area contributed by atoms with Crippen LogP contribution < -0.4 is 9.47 Å². The summed E-state index contributed by atoms with van der Waals surface area (Å²) in [5.74, 6) is -3.76. The van der Waals surface area contributed by atoms with Crippen LogP contribution in [0.2, 0.25) is 0 Å². The van der Waals surface area contributed by atoms with Crippen molar-refractivity contribution in [2.24, 2.45) is 0 Å². The molecular weight excluding hydrogens is 380 g/mol. The van der Waals surface area contributed by atoms with Crippen molar-refractivity contribution in [2.75, 3.05) is 0 Å². The lowest BCUT2D eigenvalue weighted by Gasteiger charge is -2.22. The van der Waals surface area contributed by atoms with Crippen LogP contribution in [-0.4, -0.2) is 34.6 Å². The van der Waals surface area contributed by atoms with E-state index in [2.05, 4.69) is 0 Å². The van der Waals surface area contributed by atoms with E-state index in [9.17, 15) is 24.0 Å². The second-order valence-corrected chi connectivity index (χ2v) is 6.43. The molecule has 0 heterocycles. The number of esters is 2. The molecule has 8 nitrogen and oxygen atoms in total. The van der Waals surface area contributed by atoms with Crippen LogP contribution in [0.1, 0.15) is 57.7 Å². The molecule has 0 fully saturated rings. The third kappa shape index (κ3) is 3.91. The van der Waals surface area contributed by atoms with E-state index < -0.39 is 29.5 Å². The fourth-order valence-electron chi connectivity index (χ4n) is 3.18. The van der Waals surface area contributed by atoms with Crippen molar-refractivity contribution in [3.05, 3.63) is 58.1 Å². The molecule has 0 saturated heterocycles. The van der Waals surface area contributed by atoms with E-state index in [4.69, 9.17) is 14.6 Å². The van der Waals surface area contributed by atoms with Gasteiger partial charge in [-0.25, -0.2) is 0 Å². The molecule has 1 aliphatic rings. The van der Waals surface area contributed by atoms with Crippen molar-refractivity contribution in [1.29, 1.82) is 0 Å². The molecule has 0 aromatic heterocycles. The summed E-state index contributed by atoms with van der Waals surface area (Å²) in [5.41, 5.74) is 0.262. The number of carboxylic acids is 1. The first-order chi connectivity index (χ1) is 13.7. The molecule has 0 radical (unpaired) electrons. The highest BCUT2D eigenvalue weighted by atomic mass is 16.5. The number of hydrogen-bond donors (Lipinski definition) is 1. The predicted molar refractivity (Wildman–Crippen MR) is 98.3 cm³/mol. The lowest BCUT2D eigenvalue weighted by molar-refractivity contribution is -0.137. The summed E-state index contributed by atoms with van der Waals surface area (Å²) < 4.78 is 10.2. The molecule has 2 aromatic carbocycles. The molecule has 2 aromatic rings. The van der Waals surface area contributed by atoms with Crippen LogP contribution in [0.3, 0.4) is 0 Å². The van der Waals surface area contributed by atoms with Crippen LogP contribution in [-0.2, 0) is 20.8 Å². The van der Waals surface area contributed by atoms with Gasteiger partial charge in [0.1, 0.15) is 11.5 Å². The number of ether oxygens (including phenoxy) is 2. The van der Waals surface area contributed by atoms with Crippen molar-refractivity contribution >= 4 is 29.5 Å². The molecule has 0 unspecified atom stereocenters. The smallest absolute Gasteiger partial charge is 0.308 e. The fourth-order valence-corrected chi connectivity index (χ4v) is 3.18. The van der Waals surface area contributed by atoms with E-state index >= 15 is 0 Å². The normalized spacial score (nSPS) is 12.1. The average molecular weight is 396 g/mol. The molecule has 0 amide bonds. The van der Waals surface area contributed by atoms with Gasteiger partial charge in [-0.1, -0.05) is 12.1 Å². The second kappa shape index (κ2) is 7.67. The number of fused-ring (bicyclic) bond motifs is 2. The minimum atomic E-state index is -1.03. The molecule has 1 N–H and O–H groups in total. The van der Waals surface area contributed by atoms with Crippen LogP contribution >= 0.6 is 0 Å². The molecule has 8 heteroatoms. The van der Waals surface area contributed by atoms with Crippen LogP contribution in [0, 0.1) is 0 Å². The topological polar surface area (TPSA) is 124 Å². The third-order valence-corrected chi connectivity index (χ3v) is 4.27. The van der Waals surface area contributed by atoms with Gasteiger partial charge in [0, 0.05) is 31.4 Å². The SMILES string of the molecule is CC(=O)Oc1cccc2c1C(=O)c1c(OC(C)=O)cc(CCC(=O)O)cc1C2=O. The Morgan fingerprint density at radius 1 is 0.862 bits per heavy atom. The van der Waals surface area contributed by atoms with Gasteiger partial charge in [0.15, 0.2) is 5.78 Å². The summed E-state index contributed by atoms with van der Waals surface area (Å²) >= 11 is 0. The van der Waals surface area contributed by atoms with E-state index in [0.717, 1.165) is 6.92 Å². The standard InChI is InChI=1S/C21H16O8/c1-10(22)28-15-5-3-4-13-18(15)21(27)19-14(20(13)26)8-12(6-7-17(24)25)9-16(19)29-11(2)23/h3-5,8-9H,6-7H2,1-2H3,(H,24,25). The summed E-state index contributed by atoms with van der Waals surface area (Å²) in [5, 5.41) is 8.91. The molecular formula is C21H16O8. The van der Waals surface area contributed by atoms with E-state index in [1.165, 1.54) is 37.3 Å². The molecule has 0 spiro atoms. The maximum Gasteiger partial charge on any atom is 0.308 e. The Kier molecular flexibility index (Phi) is 5.27. The van der Waals surface area contributed by atoms with E-state index in [0.29, 0.717) is 5.56 Å². The maximum absolute atomic E-state index is 13.2. The molecule has 29 heavy (non-hydrogen) atoms. The van der Waals surface area contributed by atoms with E-state index in [1.807, 2.05) is 0 Å². The molecule has 0 saturated carbocycles. The number of carbonyl (C=O) groups excluding carboxylic acids is 4. The lowest BCUT2D eigenvalue weighted by Crippen LogP contribution is -2.24. The third-order valence-electron chi connectivity index (χ3n) is 4.27. The van der Waals surface area contributed by atoms with Crippen LogP contribution in [0.15, 0.2) is 30.3 Å². The predicted octanol–water partition coefficient (Wildman–Crippen LogP) is 2.33. The van der Waals surface area contributed by atoms with Gasteiger partial charge in [0.2, 0.25) is 5.78 Å². The van der Waals surface area contributed by atoms with Crippen molar-refractivity contribution in [1.82, 2.24) is 0 Å². The summed E-state index contributed by atoms with van der Waals surface area (Å²) in [4.78, 5) is 60.1. The Bertz CT molecular complexity index is 1080. The molecule has 148 valence electrons. The van der Waals surface area contributed by atoms with Gasteiger partial charge >= 0.3 is 17.9 Å². The second-order valence-electron chi connectivity index (χ2n) is 6.43. The van der Waals surface area contributed by atoms with Gasteiger partial charge < -0.3 is 14.6 Å². The minimum Gasteiger partial charge on any atom is -0.481 e. The molecule has 1 aliphatic carbocycles. The minimum absolute atomic E-state index is 0.00149. The zero-order chi connectivity index (χ0) is 21.3. The van der Waals surface area contributed by atoms with Gasteiger partial charge in [-0.3, -0.25) is 24.0 Å². The number of ketones is 2. The number of carbonyl (C=O) groups is 5. The van der Waals surface area contributed by atoms with E-state index in [1.54, 1.807) is 0 Å². The molecule has 0 bridgehead atoms. The molecule has 3 rings (SSSR count). The number of aryl methyl sites for hydroxylation is 1. The number of hydrogen-bond acceptors (Lipinski definition) is 7. The van der Waals surface area contributed by atoms with Gasteiger partial charge in [0.25, 0.3) is 0 Å². The van der Waals surface area contributed by atoms with Gasteiger partial charge in [-0.2, -0.15) is 0 Å². The van der Waals surface area contributed by atoms with Crippen molar-refractivity contribution in [3.8, 4) is 11.5 Å². The maximum atomic E-state index is 13.2. The number of aliphatic carboxylic acids is 1. The van der Waals surface area contributed by atoms with Gasteiger partial charge in [-0.05, 0) is 30.2 Å². The zero-order valence-corrected chi connectivity index (χ0v) is 15.6. The first-order valence-corrected chi connectivity index (χ1v) is 8.67.